The van der Waals surface area contributed by atoms with E-state index in [-0.39, 0.29) is 11.8 Å². The van der Waals surface area contributed by atoms with Crippen LogP contribution in [0.25, 0.3) is 0 Å². The first-order valence-corrected chi connectivity index (χ1v) is 3.91. The van der Waals surface area contributed by atoms with Crippen LogP contribution in [-0.2, 0) is 0 Å². The highest BCUT2D eigenvalue weighted by Crippen LogP contribution is 2.02. The molecule has 2 rings (SSSR count). The fourth-order valence-electron chi connectivity index (χ4n) is 1.23. The van der Waals surface area contributed by atoms with Crippen molar-refractivity contribution >= 4 is 17.6 Å². The summed E-state index contributed by atoms with van der Waals surface area (Å²) < 4.78 is 0. The number of nitrogens with one attached hydrogen (secondary N) is 3. The molecule has 13 heavy (non-hydrogen) atoms. The van der Waals surface area contributed by atoms with Crippen LogP contribution in [0.1, 0.15) is 0 Å². The van der Waals surface area contributed by atoms with Gasteiger partial charge in [0.25, 0.3) is 0 Å². The number of guanidine groups is 1. The van der Waals surface area contributed by atoms with Crippen LogP contribution in [0.2, 0.25) is 0 Å². The second kappa shape index (κ2) is 2.89. The fourth-order valence-corrected chi connectivity index (χ4v) is 1.23. The summed E-state index contributed by atoms with van der Waals surface area (Å²) in [6, 6.07) is 0. The molecule has 2 aliphatic rings. The van der Waals surface area contributed by atoms with Gasteiger partial charge in [0.05, 0.1) is 0 Å². The maximum atomic E-state index is 7.50. The average Bonchev–Trinajstić information content (AvgIpc) is 2.52. The Morgan fingerprint density at radius 2 is 2.23 bits per heavy atom. The number of amidine groups is 2. The van der Waals surface area contributed by atoms with Crippen molar-refractivity contribution < 1.29 is 0 Å². The Labute approximate surface area is 75.4 Å². The van der Waals surface area contributed by atoms with Crippen molar-refractivity contribution in [3.05, 3.63) is 12.4 Å². The van der Waals surface area contributed by atoms with Crippen molar-refractivity contribution in [3.8, 4) is 0 Å². The second-order valence-electron chi connectivity index (χ2n) is 2.66. The summed E-state index contributed by atoms with van der Waals surface area (Å²) in [5.41, 5.74) is 0. The minimum absolute atomic E-state index is 0.107. The molecule has 1 radical (unpaired) electrons. The summed E-state index contributed by atoms with van der Waals surface area (Å²) in [6.45, 7) is 1.39. The van der Waals surface area contributed by atoms with E-state index in [0.29, 0.717) is 12.4 Å². The molecule has 0 aromatic heterocycles. The minimum Gasteiger partial charge on any atom is -0.354 e. The summed E-state index contributed by atoms with van der Waals surface area (Å²) in [5.74, 6) is 0.836. The monoisotopic (exact) mass is 177 g/mol. The summed E-state index contributed by atoms with van der Waals surface area (Å²) in [4.78, 5) is 5.64. The molecule has 0 aromatic rings. The third-order valence-electron chi connectivity index (χ3n) is 1.83. The smallest absolute Gasteiger partial charge is 0.197 e. The molecule has 0 amide bonds. The number of nitrogens with zero attached hydrogens (tertiary/aromatic N) is 3. The van der Waals surface area contributed by atoms with E-state index in [4.69, 9.17) is 10.8 Å². The van der Waals surface area contributed by atoms with Gasteiger partial charge in [-0.25, -0.2) is 10.3 Å². The van der Waals surface area contributed by atoms with E-state index in [1.165, 1.54) is 12.4 Å². The molecule has 0 bridgehead atoms. The Balaban J connectivity index is 2.23. The zero-order valence-corrected chi connectivity index (χ0v) is 6.91. The molecular formula is C7H9N6. The van der Waals surface area contributed by atoms with Crippen molar-refractivity contribution in [2.24, 2.45) is 4.99 Å². The molecule has 6 nitrogen and oxygen atoms in total. The zero-order valence-electron chi connectivity index (χ0n) is 6.91. The molecule has 3 N–H and O–H groups in total. The first-order valence-electron chi connectivity index (χ1n) is 3.91. The van der Waals surface area contributed by atoms with E-state index in [1.54, 1.807) is 4.90 Å². The molecule has 6 heteroatoms. The predicted octanol–water partition coefficient (Wildman–Crippen LogP) is -0.709. The van der Waals surface area contributed by atoms with Crippen molar-refractivity contribution in [1.82, 2.24) is 15.5 Å². The molecule has 1 saturated heterocycles. The van der Waals surface area contributed by atoms with Gasteiger partial charge < -0.3 is 5.32 Å². The maximum Gasteiger partial charge on any atom is 0.197 e. The van der Waals surface area contributed by atoms with E-state index in [9.17, 15) is 0 Å². The summed E-state index contributed by atoms with van der Waals surface area (Å²) in [6.07, 6.45) is 3.00. The number of hydrogen-bond acceptors (Lipinski definition) is 3. The lowest BCUT2D eigenvalue weighted by Gasteiger charge is -2.19. The maximum absolute atomic E-state index is 7.50. The van der Waals surface area contributed by atoms with Crippen molar-refractivity contribution in [1.29, 1.82) is 10.8 Å². The normalized spacial score (nSPS) is 21.2. The van der Waals surface area contributed by atoms with E-state index in [2.05, 4.69) is 15.6 Å². The van der Waals surface area contributed by atoms with Gasteiger partial charge in [0.2, 0.25) is 0 Å². The van der Waals surface area contributed by atoms with Gasteiger partial charge in [-0.1, -0.05) is 0 Å². The second-order valence-corrected chi connectivity index (χ2v) is 2.66. The van der Waals surface area contributed by atoms with Gasteiger partial charge in [-0.3, -0.25) is 15.7 Å². The fraction of sp³-hybridized carbons (Fsp3) is 0.286. The Bertz CT molecular complexity index is 315. The lowest BCUT2D eigenvalue weighted by molar-refractivity contribution is 0.675. The summed E-state index contributed by atoms with van der Waals surface area (Å²) in [5, 5.41) is 21.6. The van der Waals surface area contributed by atoms with Crippen LogP contribution < -0.4 is 10.6 Å². The molecular weight excluding hydrogens is 168 g/mol. The Morgan fingerprint density at radius 3 is 2.85 bits per heavy atom. The third-order valence-corrected chi connectivity index (χ3v) is 1.83. The van der Waals surface area contributed by atoms with Crippen LogP contribution in [0.5, 0.6) is 0 Å². The van der Waals surface area contributed by atoms with Gasteiger partial charge in [0, 0.05) is 25.5 Å². The molecule has 0 atom stereocenters. The predicted molar refractivity (Wildman–Crippen MR) is 48.9 cm³/mol. The van der Waals surface area contributed by atoms with Crippen LogP contribution >= 0.6 is 0 Å². The first-order chi connectivity index (χ1) is 6.29. The molecule has 0 unspecified atom stereocenters. The summed E-state index contributed by atoms with van der Waals surface area (Å²) in [7, 11) is 0. The molecule has 0 spiro atoms. The van der Waals surface area contributed by atoms with E-state index in [0.717, 1.165) is 6.54 Å². The van der Waals surface area contributed by atoms with Crippen LogP contribution in [-0.4, -0.2) is 35.6 Å². The molecule has 0 aromatic carbocycles. The molecule has 0 aliphatic carbocycles. The molecule has 1 fully saturated rings. The van der Waals surface area contributed by atoms with Crippen LogP contribution in [0.15, 0.2) is 17.4 Å². The first kappa shape index (κ1) is 7.78. The van der Waals surface area contributed by atoms with Gasteiger partial charge in [0.1, 0.15) is 0 Å². The van der Waals surface area contributed by atoms with Gasteiger partial charge >= 0.3 is 0 Å². The van der Waals surface area contributed by atoms with E-state index >= 15 is 0 Å². The van der Waals surface area contributed by atoms with Crippen LogP contribution in [0.4, 0.5) is 0 Å². The molecule has 0 saturated carbocycles. The number of hydrogen-bond donors (Lipinski definition) is 3. The van der Waals surface area contributed by atoms with Gasteiger partial charge in [0.15, 0.2) is 17.6 Å². The molecule has 67 valence electrons. The van der Waals surface area contributed by atoms with Gasteiger partial charge in [-0.2, -0.15) is 0 Å². The highest BCUT2D eigenvalue weighted by Gasteiger charge is 2.25. The lowest BCUT2D eigenvalue weighted by Crippen LogP contribution is -2.42. The zero-order chi connectivity index (χ0) is 9.26. The SMILES string of the molecule is N=C1[N]C=CN=C1N1CCNC1=N. The van der Waals surface area contributed by atoms with E-state index < -0.39 is 0 Å². The topological polar surface area (TPSA) is 89.4 Å². The Morgan fingerprint density at radius 1 is 1.38 bits per heavy atom. The highest BCUT2D eigenvalue weighted by molar-refractivity contribution is 6.42. The highest BCUT2D eigenvalue weighted by atomic mass is 15.4. The largest absolute Gasteiger partial charge is 0.354 e. The molecule has 2 aliphatic heterocycles. The number of aliphatic imine (C=N–C) groups is 1. The van der Waals surface area contributed by atoms with Gasteiger partial charge in [-0.05, 0) is 0 Å². The van der Waals surface area contributed by atoms with Crippen molar-refractivity contribution in [2.45, 2.75) is 0 Å². The van der Waals surface area contributed by atoms with Crippen LogP contribution in [0.3, 0.4) is 0 Å². The Hall–Kier alpha value is -1.85. The number of rotatable bonds is 0. The Kier molecular flexibility index (Phi) is 1.73. The quantitative estimate of drug-likeness (QED) is 0.456. The van der Waals surface area contributed by atoms with E-state index in [1.807, 2.05) is 0 Å². The summed E-state index contributed by atoms with van der Waals surface area (Å²) >= 11 is 0. The standard InChI is InChI=1S/C7H9N6/c8-5-6(11-2-1-10-5)13-4-3-12-7(13)9/h1-2,8H,3-4H2,(H2,9,12). The lowest BCUT2D eigenvalue weighted by atomic mass is 10.4. The van der Waals surface area contributed by atoms with Gasteiger partial charge in [-0.15, -0.1) is 0 Å². The minimum atomic E-state index is 0.107. The van der Waals surface area contributed by atoms with Crippen molar-refractivity contribution in [3.63, 3.8) is 0 Å². The molecule has 2 heterocycles. The average molecular weight is 177 g/mol. The van der Waals surface area contributed by atoms with Crippen molar-refractivity contribution in [2.75, 3.05) is 13.1 Å². The third kappa shape index (κ3) is 1.26. The van der Waals surface area contributed by atoms with Crippen LogP contribution in [0, 0.1) is 10.8 Å².